The van der Waals surface area contributed by atoms with Gasteiger partial charge >= 0.3 is 0 Å². The topological polar surface area (TPSA) is 120 Å². The van der Waals surface area contributed by atoms with Crippen molar-refractivity contribution in [1.29, 1.82) is 0 Å². The minimum Gasteiger partial charge on any atom is -0.495 e. The number of carbonyl (C=O) groups excluding carboxylic acids is 1. The summed E-state index contributed by atoms with van der Waals surface area (Å²) in [6.07, 6.45) is 3.29. The van der Waals surface area contributed by atoms with Gasteiger partial charge in [0, 0.05) is 10.6 Å². The van der Waals surface area contributed by atoms with Gasteiger partial charge in [0.1, 0.15) is 29.4 Å². The molecule has 4 aromatic rings. The SMILES string of the molecule is COc1cc(-c2nn(C3CCNCC3)c3ncnc(N)c23)ccc1NC(=O)c1ccc(Cl)cc1F. The van der Waals surface area contributed by atoms with E-state index in [2.05, 4.69) is 20.6 Å². The third-order valence-electron chi connectivity index (χ3n) is 6.07. The Morgan fingerprint density at radius 2 is 2.03 bits per heavy atom. The zero-order valence-corrected chi connectivity index (χ0v) is 19.6. The highest BCUT2D eigenvalue weighted by Gasteiger charge is 2.24. The van der Waals surface area contributed by atoms with Gasteiger partial charge in [0.25, 0.3) is 5.91 Å². The third kappa shape index (κ3) is 4.38. The van der Waals surface area contributed by atoms with Gasteiger partial charge in [-0.05, 0) is 56.3 Å². The molecule has 2 aromatic heterocycles. The zero-order chi connectivity index (χ0) is 24.5. The van der Waals surface area contributed by atoms with Gasteiger partial charge in [-0.15, -0.1) is 0 Å². The predicted octanol–water partition coefficient (Wildman–Crippen LogP) is 4.05. The number of rotatable bonds is 5. The fraction of sp³-hybridized carbons (Fsp3) is 0.250. The highest BCUT2D eigenvalue weighted by Crippen LogP contribution is 2.37. The summed E-state index contributed by atoms with van der Waals surface area (Å²) in [5.74, 6) is -0.621. The first-order valence-corrected chi connectivity index (χ1v) is 11.5. The van der Waals surface area contributed by atoms with E-state index < -0.39 is 11.7 Å². The largest absolute Gasteiger partial charge is 0.495 e. The number of aromatic nitrogens is 4. The van der Waals surface area contributed by atoms with Gasteiger partial charge in [-0.2, -0.15) is 5.10 Å². The molecule has 1 amide bonds. The van der Waals surface area contributed by atoms with Crippen LogP contribution in [0.1, 0.15) is 29.2 Å². The lowest BCUT2D eigenvalue weighted by molar-refractivity contribution is 0.102. The van der Waals surface area contributed by atoms with Crippen LogP contribution in [0.15, 0.2) is 42.7 Å². The number of carbonyl (C=O) groups is 1. The van der Waals surface area contributed by atoms with E-state index in [0.717, 1.165) is 37.6 Å². The molecule has 3 heterocycles. The molecule has 1 saturated heterocycles. The molecule has 35 heavy (non-hydrogen) atoms. The van der Waals surface area contributed by atoms with Crippen LogP contribution in [0.2, 0.25) is 5.02 Å². The van der Waals surface area contributed by atoms with Gasteiger partial charge < -0.3 is 21.1 Å². The Kier molecular flexibility index (Phi) is 6.23. The van der Waals surface area contributed by atoms with Crippen LogP contribution in [0.4, 0.5) is 15.9 Å². The van der Waals surface area contributed by atoms with E-state index in [1.54, 1.807) is 18.2 Å². The van der Waals surface area contributed by atoms with Crippen molar-refractivity contribution in [2.75, 3.05) is 31.2 Å². The fourth-order valence-corrected chi connectivity index (χ4v) is 4.47. The Labute approximate surface area is 205 Å². The Hall–Kier alpha value is -3.76. The number of methoxy groups -OCH3 is 1. The summed E-state index contributed by atoms with van der Waals surface area (Å²) in [5.41, 5.74) is 8.51. The highest BCUT2D eigenvalue weighted by atomic mass is 35.5. The number of ether oxygens (including phenoxy) is 1. The summed E-state index contributed by atoms with van der Waals surface area (Å²) in [6.45, 7) is 1.80. The number of halogens is 2. The van der Waals surface area contributed by atoms with Gasteiger partial charge in [0.2, 0.25) is 0 Å². The van der Waals surface area contributed by atoms with E-state index in [-0.39, 0.29) is 16.6 Å². The molecule has 1 fully saturated rings. The Morgan fingerprint density at radius 1 is 1.23 bits per heavy atom. The van der Waals surface area contributed by atoms with Crippen molar-refractivity contribution < 1.29 is 13.9 Å². The van der Waals surface area contributed by atoms with Gasteiger partial charge in [0.05, 0.1) is 29.8 Å². The highest BCUT2D eigenvalue weighted by molar-refractivity contribution is 6.30. The minimum absolute atomic E-state index is 0.128. The van der Waals surface area contributed by atoms with Gasteiger partial charge in [-0.3, -0.25) is 4.79 Å². The van der Waals surface area contributed by atoms with E-state index in [1.807, 2.05) is 4.68 Å². The number of piperidine rings is 1. The van der Waals surface area contributed by atoms with Crippen LogP contribution in [-0.4, -0.2) is 45.9 Å². The summed E-state index contributed by atoms with van der Waals surface area (Å²) < 4.78 is 21.6. The lowest BCUT2D eigenvalue weighted by Gasteiger charge is -2.23. The average Bonchev–Trinajstić information content (AvgIpc) is 3.26. The summed E-state index contributed by atoms with van der Waals surface area (Å²) in [6, 6.07) is 9.28. The maximum Gasteiger partial charge on any atom is 0.258 e. The first-order valence-electron chi connectivity index (χ1n) is 11.1. The standard InChI is InChI=1S/C24H23ClFN7O2/c1-35-19-10-13(2-5-18(19)31-24(34)16-4-3-14(25)11-17(16)26)21-20-22(27)29-12-30-23(20)33(32-21)15-6-8-28-9-7-15/h2-5,10-12,15,28H,6-9H2,1H3,(H,31,34)(H2,27,29,30). The van der Waals surface area contributed by atoms with Crippen LogP contribution in [0.3, 0.4) is 0 Å². The second-order valence-electron chi connectivity index (χ2n) is 8.23. The van der Waals surface area contributed by atoms with Crippen molar-refractivity contribution >= 4 is 40.0 Å². The molecule has 0 bridgehead atoms. The molecule has 180 valence electrons. The maximum atomic E-state index is 14.2. The molecule has 0 radical (unpaired) electrons. The molecule has 0 spiro atoms. The van der Waals surface area contributed by atoms with Gasteiger partial charge in [-0.25, -0.2) is 19.0 Å². The molecule has 0 unspecified atom stereocenters. The molecule has 0 aliphatic carbocycles. The van der Waals surface area contributed by atoms with E-state index in [1.165, 1.54) is 25.6 Å². The normalized spacial score (nSPS) is 14.3. The maximum absolute atomic E-state index is 14.2. The number of nitrogens with zero attached hydrogens (tertiary/aromatic N) is 4. The fourth-order valence-electron chi connectivity index (χ4n) is 4.31. The summed E-state index contributed by atoms with van der Waals surface area (Å²) in [7, 11) is 1.49. The minimum atomic E-state index is -0.712. The second-order valence-corrected chi connectivity index (χ2v) is 8.66. The lowest BCUT2D eigenvalue weighted by Crippen LogP contribution is -2.30. The smallest absolute Gasteiger partial charge is 0.258 e. The van der Waals surface area contributed by atoms with Crippen LogP contribution >= 0.6 is 11.6 Å². The molecule has 5 rings (SSSR count). The van der Waals surface area contributed by atoms with Crippen molar-refractivity contribution in [3.8, 4) is 17.0 Å². The predicted molar refractivity (Wildman–Crippen MR) is 132 cm³/mol. The third-order valence-corrected chi connectivity index (χ3v) is 6.31. The molecular formula is C24H23ClFN7O2. The van der Waals surface area contributed by atoms with Gasteiger partial charge in [-0.1, -0.05) is 17.7 Å². The molecule has 11 heteroatoms. The van der Waals surface area contributed by atoms with Crippen molar-refractivity contribution in [2.45, 2.75) is 18.9 Å². The van der Waals surface area contributed by atoms with Crippen LogP contribution < -0.4 is 21.1 Å². The zero-order valence-electron chi connectivity index (χ0n) is 18.9. The number of benzene rings is 2. The molecule has 1 aliphatic rings. The lowest BCUT2D eigenvalue weighted by atomic mass is 10.1. The van der Waals surface area contributed by atoms with Crippen molar-refractivity contribution in [3.63, 3.8) is 0 Å². The first-order chi connectivity index (χ1) is 17.0. The molecule has 2 aromatic carbocycles. The molecule has 4 N–H and O–H groups in total. The summed E-state index contributed by atoms with van der Waals surface area (Å²) in [4.78, 5) is 21.3. The number of amides is 1. The number of fused-ring (bicyclic) bond motifs is 1. The number of nitrogens with two attached hydrogens (primary N) is 1. The Bertz CT molecular complexity index is 1420. The Balaban J connectivity index is 1.52. The molecular weight excluding hydrogens is 473 g/mol. The van der Waals surface area contributed by atoms with Crippen LogP contribution in [0, 0.1) is 5.82 Å². The summed E-state index contributed by atoms with van der Waals surface area (Å²) >= 11 is 5.79. The second kappa shape index (κ2) is 9.47. The quantitative estimate of drug-likeness (QED) is 0.382. The molecule has 1 aliphatic heterocycles. The molecule has 0 saturated carbocycles. The molecule has 0 atom stereocenters. The van der Waals surface area contributed by atoms with Crippen molar-refractivity contribution in [2.24, 2.45) is 0 Å². The van der Waals surface area contributed by atoms with E-state index in [4.69, 9.17) is 27.2 Å². The van der Waals surface area contributed by atoms with Crippen LogP contribution in [0.5, 0.6) is 5.75 Å². The average molecular weight is 496 g/mol. The number of hydrogen-bond acceptors (Lipinski definition) is 7. The number of nitrogens with one attached hydrogen (secondary N) is 2. The van der Waals surface area contributed by atoms with E-state index in [9.17, 15) is 9.18 Å². The van der Waals surface area contributed by atoms with Crippen LogP contribution in [-0.2, 0) is 0 Å². The van der Waals surface area contributed by atoms with E-state index in [0.29, 0.717) is 34.0 Å². The van der Waals surface area contributed by atoms with Gasteiger partial charge in [0.15, 0.2) is 5.65 Å². The first kappa shape index (κ1) is 23.0. The van der Waals surface area contributed by atoms with Crippen LogP contribution in [0.25, 0.3) is 22.3 Å². The van der Waals surface area contributed by atoms with Crippen molar-refractivity contribution in [3.05, 3.63) is 59.1 Å². The monoisotopic (exact) mass is 495 g/mol. The summed E-state index contributed by atoms with van der Waals surface area (Å²) in [5, 5.41) is 11.8. The van der Waals surface area contributed by atoms with E-state index >= 15 is 0 Å². The number of nitrogen functional groups attached to an aromatic ring is 1. The van der Waals surface area contributed by atoms with Crippen molar-refractivity contribution in [1.82, 2.24) is 25.1 Å². The Morgan fingerprint density at radius 3 is 2.77 bits per heavy atom. The number of hydrogen-bond donors (Lipinski definition) is 3. The number of anilines is 2. The molecule has 9 nitrogen and oxygen atoms in total.